The first-order valence-electron chi connectivity index (χ1n) is 7.89. The van der Waals surface area contributed by atoms with Gasteiger partial charge in [0.05, 0.1) is 29.6 Å². The van der Waals surface area contributed by atoms with Crippen LogP contribution in [-0.4, -0.2) is 56.0 Å². The highest BCUT2D eigenvalue weighted by Gasteiger charge is 2.28. The predicted octanol–water partition coefficient (Wildman–Crippen LogP) is 1.49. The van der Waals surface area contributed by atoms with Crippen LogP contribution in [0, 0.1) is 0 Å². The minimum absolute atomic E-state index is 0.0308. The minimum atomic E-state index is -2.96. The molecule has 0 bridgehead atoms. The van der Waals surface area contributed by atoms with Crippen molar-refractivity contribution in [3.63, 3.8) is 0 Å². The lowest BCUT2D eigenvalue weighted by Gasteiger charge is -2.11. The molecule has 25 heavy (non-hydrogen) atoms. The summed E-state index contributed by atoms with van der Waals surface area (Å²) in [6.45, 7) is 1.91. The number of hydrogen-bond acceptors (Lipinski definition) is 7. The number of thioether (sulfide) groups is 1. The third-order valence-corrected chi connectivity index (χ3v) is 6.71. The maximum absolute atomic E-state index is 11.9. The summed E-state index contributed by atoms with van der Waals surface area (Å²) in [5.74, 6) is -0.163. The van der Waals surface area contributed by atoms with Gasteiger partial charge in [-0.3, -0.25) is 9.59 Å². The lowest BCUT2D eigenvalue weighted by atomic mass is 10.3. The Labute approximate surface area is 151 Å². The van der Waals surface area contributed by atoms with Crippen LogP contribution in [0.2, 0.25) is 0 Å². The van der Waals surface area contributed by atoms with Gasteiger partial charge in [0.15, 0.2) is 16.4 Å². The molecule has 1 amide bonds. The Hall–Kier alpha value is -1.74. The standard InChI is InChI=1S/C16H21NO6S2/c1-2-22-14-6-4-3-5-13(14)17-15(18)9-23-16(19)10-24-12-7-8-25(20,21)11-12/h3-6,12H,2,7-11H2,1H3,(H,17,18)/t12-/m1/s1. The van der Waals surface area contributed by atoms with Gasteiger partial charge in [-0.05, 0) is 25.5 Å². The zero-order chi connectivity index (χ0) is 18.3. The molecule has 7 nitrogen and oxygen atoms in total. The number of carbonyl (C=O) groups excluding carboxylic acids is 2. The Morgan fingerprint density at radius 3 is 2.76 bits per heavy atom. The van der Waals surface area contributed by atoms with E-state index in [0.717, 1.165) is 0 Å². The summed E-state index contributed by atoms with van der Waals surface area (Å²) in [4.78, 5) is 23.6. The lowest BCUT2D eigenvalue weighted by molar-refractivity contribution is -0.144. The van der Waals surface area contributed by atoms with Crippen LogP contribution in [0.15, 0.2) is 24.3 Å². The van der Waals surface area contributed by atoms with Gasteiger partial charge in [-0.2, -0.15) is 0 Å². The zero-order valence-electron chi connectivity index (χ0n) is 13.9. The second kappa shape index (κ2) is 9.10. The van der Waals surface area contributed by atoms with Crippen molar-refractivity contribution in [2.75, 3.05) is 35.8 Å². The summed E-state index contributed by atoms with van der Waals surface area (Å²) >= 11 is 1.25. The van der Waals surface area contributed by atoms with Crippen LogP contribution in [-0.2, 0) is 24.2 Å². The number of carbonyl (C=O) groups is 2. The van der Waals surface area contributed by atoms with Crippen molar-refractivity contribution >= 4 is 39.2 Å². The van der Waals surface area contributed by atoms with Gasteiger partial charge in [0.2, 0.25) is 0 Å². The molecular weight excluding hydrogens is 366 g/mol. The Bertz CT molecular complexity index is 719. The number of esters is 1. The predicted molar refractivity (Wildman–Crippen MR) is 96.7 cm³/mol. The molecule has 0 saturated carbocycles. The quantitative estimate of drug-likeness (QED) is 0.675. The molecule has 1 heterocycles. The van der Waals surface area contributed by atoms with Crippen molar-refractivity contribution < 1.29 is 27.5 Å². The number of rotatable bonds is 8. The van der Waals surface area contributed by atoms with Gasteiger partial charge >= 0.3 is 5.97 Å². The first kappa shape index (κ1) is 19.6. The fourth-order valence-electron chi connectivity index (χ4n) is 2.30. The van der Waals surface area contributed by atoms with Gasteiger partial charge in [-0.1, -0.05) is 12.1 Å². The van der Waals surface area contributed by atoms with Crippen molar-refractivity contribution in [1.82, 2.24) is 0 Å². The number of amides is 1. The molecule has 0 radical (unpaired) electrons. The number of sulfone groups is 1. The Balaban J connectivity index is 1.72. The van der Waals surface area contributed by atoms with E-state index in [1.807, 2.05) is 6.92 Å². The molecule has 2 rings (SSSR count). The number of benzene rings is 1. The van der Waals surface area contributed by atoms with E-state index in [4.69, 9.17) is 9.47 Å². The first-order valence-corrected chi connectivity index (χ1v) is 10.8. The molecule has 1 atom stereocenters. The smallest absolute Gasteiger partial charge is 0.316 e. The molecule has 0 unspecified atom stereocenters. The van der Waals surface area contributed by atoms with Crippen molar-refractivity contribution in [2.24, 2.45) is 0 Å². The summed E-state index contributed by atoms with van der Waals surface area (Å²) in [6.07, 6.45) is 0.551. The van der Waals surface area contributed by atoms with Gasteiger partial charge in [0.1, 0.15) is 5.75 Å². The fourth-order valence-corrected chi connectivity index (χ4v) is 5.74. The van der Waals surface area contributed by atoms with Crippen LogP contribution in [0.5, 0.6) is 5.75 Å². The van der Waals surface area contributed by atoms with Gasteiger partial charge in [0, 0.05) is 5.25 Å². The molecule has 1 aromatic carbocycles. The molecule has 138 valence electrons. The summed E-state index contributed by atoms with van der Waals surface area (Å²) in [5, 5.41) is 2.55. The van der Waals surface area contributed by atoms with Crippen LogP contribution < -0.4 is 10.1 Å². The molecule has 9 heteroatoms. The van der Waals surface area contributed by atoms with E-state index in [2.05, 4.69) is 5.32 Å². The van der Waals surface area contributed by atoms with Crippen LogP contribution in [0.1, 0.15) is 13.3 Å². The van der Waals surface area contributed by atoms with Crippen molar-refractivity contribution in [3.8, 4) is 5.75 Å². The number of ether oxygens (including phenoxy) is 2. The highest BCUT2D eigenvalue weighted by molar-refractivity contribution is 8.02. The van der Waals surface area contributed by atoms with Crippen LogP contribution >= 0.6 is 11.8 Å². The van der Waals surface area contributed by atoms with Crippen LogP contribution in [0.3, 0.4) is 0 Å². The van der Waals surface area contributed by atoms with Gasteiger partial charge in [-0.15, -0.1) is 11.8 Å². The average Bonchev–Trinajstić information content (AvgIpc) is 2.92. The van der Waals surface area contributed by atoms with Gasteiger partial charge in [0.25, 0.3) is 5.91 Å². The van der Waals surface area contributed by atoms with E-state index in [0.29, 0.717) is 24.5 Å². The molecule has 1 aromatic rings. The maximum Gasteiger partial charge on any atom is 0.316 e. The summed E-state index contributed by atoms with van der Waals surface area (Å²) in [7, 11) is -2.96. The van der Waals surface area contributed by atoms with E-state index in [1.165, 1.54) is 11.8 Å². The monoisotopic (exact) mass is 387 g/mol. The van der Waals surface area contributed by atoms with E-state index < -0.39 is 28.3 Å². The number of anilines is 1. The van der Waals surface area contributed by atoms with E-state index in [9.17, 15) is 18.0 Å². The third kappa shape index (κ3) is 6.58. The normalized spacial score (nSPS) is 18.5. The highest BCUT2D eigenvalue weighted by atomic mass is 32.2. The van der Waals surface area contributed by atoms with Crippen molar-refractivity contribution in [3.05, 3.63) is 24.3 Å². The Morgan fingerprint density at radius 1 is 1.32 bits per heavy atom. The van der Waals surface area contributed by atoms with Crippen molar-refractivity contribution in [1.29, 1.82) is 0 Å². The average molecular weight is 387 g/mol. The molecule has 1 fully saturated rings. The number of hydrogen-bond donors (Lipinski definition) is 1. The van der Waals surface area contributed by atoms with E-state index in [-0.39, 0.29) is 22.5 Å². The zero-order valence-corrected chi connectivity index (χ0v) is 15.5. The highest BCUT2D eigenvalue weighted by Crippen LogP contribution is 2.25. The molecule has 0 spiro atoms. The van der Waals surface area contributed by atoms with Crippen LogP contribution in [0.4, 0.5) is 5.69 Å². The fraction of sp³-hybridized carbons (Fsp3) is 0.500. The minimum Gasteiger partial charge on any atom is -0.492 e. The summed E-state index contributed by atoms with van der Waals surface area (Å²) in [5.41, 5.74) is 0.510. The summed E-state index contributed by atoms with van der Waals surface area (Å²) < 4.78 is 33.0. The van der Waals surface area contributed by atoms with E-state index in [1.54, 1.807) is 24.3 Å². The largest absolute Gasteiger partial charge is 0.492 e. The number of para-hydroxylation sites is 2. The molecule has 0 aromatic heterocycles. The lowest BCUT2D eigenvalue weighted by Crippen LogP contribution is -2.22. The molecule has 1 saturated heterocycles. The molecule has 1 aliphatic heterocycles. The topological polar surface area (TPSA) is 98.8 Å². The van der Waals surface area contributed by atoms with Crippen molar-refractivity contribution in [2.45, 2.75) is 18.6 Å². The molecule has 1 aliphatic rings. The maximum atomic E-state index is 11.9. The summed E-state index contributed by atoms with van der Waals surface area (Å²) in [6, 6.07) is 6.98. The van der Waals surface area contributed by atoms with Gasteiger partial charge in [-0.25, -0.2) is 8.42 Å². The second-order valence-electron chi connectivity index (χ2n) is 5.47. The Morgan fingerprint density at radius 2 is 2.08 bits per heavy atom. The first-order chi connectivity index (χ1) is 11.9. The molecule has 0 aliphatic carbocycles. The van der Waals surface area contributed by atoms with Crippen LogP contribution in [0.25, 0.3) is 0 Å². The SMILES string of the molecule is CCOc1ccccc1NC(=O)COC(=O)CS[C@@H]1CCS(=O)(=O)C1. The third-order valence-electron chi connectivity index (χ3n) is 3.45. The van der Waals surface area contributed by atoms with E-state index >= 15 is 0 Å². The second-order valence-corrected chi connectivity index (χ2v) is 8.99. The molecular formula is C16H21NO6S2. The molecule has 1 N–H and O–H groups in total. The van der Waals surface area contributed by atoms with Gasteiger partial charge < -0.3 is 14.8 Å². The number of nitrogens with one attached hydrogen (secondary N) is 1. The Kier molecular flexibility index (Phi) is 7.12.